The number of halogens is 2. The molecule has 0 aromatic heterocycles. The number of rotatable bonds is 3. The normalized spacial score (nSPS) is 19.4. The molecule has 2 amide bonds. The van der Waals surface area contributed by atoms with Gasteiger partial charge in [-0.15, -0.1) is 0 Å². The molecule has 1 saturated heterocycles. The van der Waals surface area contributed by atoms with Crippen molar-refractivity contribution < 1.29 is 18.4 Å². The van der Waals surface area contributed by atoms with Crippen molar-refractivity contribution in [2.45, 2.75) is 31.7 Å². The van der Waals surface area contributed by atoms with E-state index in [1.807, 2.05) is 12.1 Å². The molecule has 1 N–H and O–H groups in total. The highest BCUT2D eigenvalue weighted by atomic mass is 19.1. The predicted molar refractivity (Wildman–Crippen MR) is 101 cm³/mol. The van der Waals surface area contributed by atoms with Gasteiger partial charge in [0.05, 0.1) is 11.6 Å². The summed E-state index contributed by atoms with van der Waals surface area (Å²) in [5, 5.41) is 3.15. The van der Waals surface area contributed by atoms with Crippen LogP contribution < -0.4 is 5.32 Å². The van der Waals surface area contributed by atoms with Crippen molar-refractivity contribution in [1.29, 1.82) is 0 Å². The molecule has 0 radical (unpaired) electrons. The van der Waals surface area contributed by atoms with Crippen LogP contribution in [0.1, 0.15) is 46.8 Å². The standard InChI is InChI=1S/C22H22F2N2O2/c23-16-6-7-18(19(24)13-16)22(28)26-11-9-15(10-12-26)21(27)25-20-8-5-14-3-1-2-4-17(14)20/h1-4,6-7,13,15,20H,5,8-12H2,(H,25,27). The fraction of sp³-hybridized carbons (Fsp3) is 0.364. The van der Waals surface area contributed by atoms with Crippen LogP contribution in [0.2, 0.25) is 0 Å². The first kappa shape index (κ1) is 18.6. The van der Waals surface area contributed by atoms with E-state index >= 15 is 0 Å². The van der Waals surface area contributed by atoms with Crippen LogP contribution in [0.5, 0.6) is 0 Å². The minimum atomic E-state index is -0.857. The summed E-state index contributed by atoms with van der Waals surface area (Å²) in [6, 6.07) is 11.2. The number of hydrogen-bond donors (Lipinski definition) is 1. The van der Waals surface area contributed by atoms with E-state index in [0.29, 0.717) is 32.0 Å². The Morgan fingerprint density at radius 2 is 1.75 bits per heavy atom. The van der Waals surface area contributed by atoms with Crippen molar-refractivity contribution in [3.8, 4) is 0 Å². The maximum Gasteiger partial charge on any atom is 0.256 e. The van der Waals surface area contributed by atoms with E-state index in [1.54, 1.807) is 0 Å². The van der Waals surface area contributed by atoms with Gasteiger partial charge in [-0.2, -0.15) is 0 Å². The fourth-order valence-corrected chi connectivity index (χ4v) is 4.17. The summed E-state index contributed by atoms with van der Waals surface area (Å²) < 4.78 is 26.9. The quantitative estimate of drug-likeness (QED) is 0.879. The average Bonchev–Trinajstić information content (AvgIpc) is 3.10. The molecule has 0 saturated carbocycles. The van der Waals surface area contributed by atoms with Crippen molar-refractivity contribution in [3.05, 3.63) is 70.8 Å². The Labute approximate surface area is 162 Å². The lowest BCUT2D eigenvalue weighted by Gasteiger charge is -2.32. The van der Waals surface area contributed by atoms with Crippen LogP contribution in [-0.2, 0) is 11.2 Å². The fourth-order valence-electron chi connectivity index (χ4n) is 4.17. The van der Waals surface area contributed by atoms with Gasteiger partial charge in [0.25, 0.3) is 5.91 Å². The number of hydrogen-bond acceptors (Lipinski definition) is 2. The largest absolute Gasteiger partial charge is 0.349 e. The highest BCUT2D eigenvalue weighted by Gasteiger charge is 2.31. The van der Waals surface area contributed by atoms with Crippen LogP contribution in [0.4, 0.5) is 8.78 Å². The van der Waals surface area contributed by atoms with E-state index in [2.05, 4.69) is 17.4 Å². The molecule has 2 aliphatic rings. The molecule has 4 nitrogen and oxygen atoms in total. The van der Waals surface area contributed by atoms with E-state index in [1.165, 1.54) is 22.1 Å². The zero-order valence-corrected chi connectivity index (χ0v) is 15.5. The molecule has 1 fully saturated rings. The molecule has 1 aliphatic carbocycles. The van der Waals surface area contributed by atoms with Gasteiger partial charge < -0.3 is 10.2 Å². The number of aryl methyl sites for hydroxylation is 1. The summed E-state index contributed by atoms with van der Waals surface area (Å²) in [5.41, 5.74) is 2.34. The molecule has 1 aliphatic heterocycles. The number of carbonyl (C=O) groups excluding carboxylic acids is 2. The van der Waals surface area contributed by atoms with E-state index in [4.69, 9.17) is 0 Å². The van der Waals surface area contributed by atoms with Crippen LogP contribution in [0.3, 0.4) is 0 Å². The maximum absolute atomic E-state index is 13.9. The van der Waals surface area contributed by atoms with Crippen molar-refractivity contribution in [2.24, 2.45) is 5.92 Å². The molecule has 2 aromatic carbocycles. The lowest BCUT2D eigenvalue weighted by molar-refractivity contribution is -0.127. The smallest absolute Gasteiger partial charge is 0.256 e. The summed E-state index contributed by atoms with van der Waals surface area (Å²) in [5.74, 6) is -2.17. The number of nitrogens with zero attached hydrogens (tertiary/aromatic N) is 1. The number of nitrogens with one attached hydrogen (secondary N) is 1. The predicted octanol–water partition coefficient (Wildman–Crippen LogP) is 3.62. The second kappa shape index (κ2) is 7.70. The second-order valence-electron chi connectivity index (χ2n) is 7.49. The molecular weight excluding hydrogens is 362 g/mol. The third-order valence-corrected chi connectivity index (χ3v) is 5.76. The Kier molecular flexibility index (Phi) is 5.11. The lowest BCUT2D eigenvalue weighted by atomic mass is 9.94. The van der Waals surface area contributed by atoms with Crippen LogP contribution >= 0.6 is 0 Å². The maximum atomic E-state index is 13.9. The highest BCUT2D eigenvalue weighted by molar-refractivity contribution is 5.94. The molecule has 1 heterocycles. The SMILES string of the molecule is O=C(NC1CCc2ccccc21)C1CCN(C(=O)c2ccc(F)cc2F)CC1. The summed E-state index contributed by atoms with van der Waals surface area (Å²) in [4.78, 5) is 26.7. The summed E-state index contributed by atoms with van der Waals surface area (Å²) >= 11 is 0. The molecule has 2 aromatic rings. The van der Waals surface area contributed by atoms with Crippen molar-refractivity contribution >= 4 is 11.8 Å². The number of benzene rings is 2. The zero-order valence-electron chi connectivity index (χ0n) is 15.5. The third-order valence-electron chi connectivity index (χ3n) is 5.76. The van der Waals surface area contributed by atoms with E-state index in [9.17, 15) is 18.4 Å². The number of piperidine rings is 1. The van der Waals surface area contributed by atoms with Gasteiger partial charge in [0.1, 0.15) is 11.6 Å². The molecule has 6 heteroatoms. The van der Waals surface area contributed by atoms with Crippen LogP contribution in [0, 0.1) is 17.6 Å². The molecule has 0 bridgehead atoms. The van der Waals surface area contributed by atoms with Crippen LogP contribution in [0.25, 0.3) is 0 Å². The molecule has 1 atom stereocenters. The molecule has 28 heavy (non-hydrogen) atoms. The molecule has 0 spiro atoms. The van der Waals surface area contributed by atoms with Crippen molar-refractivity contribution in [2.75, 3.05) is 13.1 Å². The Hall–Kier alpha value is -2.76. The second-order valence-corrected chi connectivity index (χ2v) is 7.49. The van der Waals surface area contributed by atoms with E-state index in [0.717, 1.165) is 18.9 Å². The highest BCUT2D eigenvalue weighted by Crippen LogP contribution is 2.31. The first-order chi connectivity index (χ1) is 13.5. The van der Waals surface area contributed by atoms with Gasteiger partial charge in [0, 0.05) is 25.1 Å². The van der Waals surface area contributed by atoms with Gasteiger partial charge in [-0.1, -0.05) is 24.3 Å². The summed E-state index contributed by atoms with van der Waals surface area (Å²) in [7, 11) is 0. The van der Waals surface area contributed by atoms with Gasteiger partial charge in [0.2, 0.25) is 5.91 Å². The third kappa shape index (κ3) is 3.63. The number of carbonyl (C=O) groups is 2. The number of fused-ring (bicyclic) bond motifs is 1. The summed E-state index contributed by atoms with van der Waals surface area (Å²) in [6.07, 6.45) is 2.95. The Balaban J connectivity index is 1.34. The van der Waals surface area contributed by atoms with Gasteiger partial charge >= 0.3 is 0 Å². The Morgan fingerprint density at radius 1 is 1.00 bits per heavy atom. The average molecular weight is 384 g/mol. The monoisotopic (exact) mass is 384 g/mol. The Morgan fingerprint density at radius 3 is 2.50 bits per heavy atom. The minimum Gasteiger partial charge on any atom is -0.349 e. The van der Waals surface area contributed by atoms with Crippen molar-refractivity contribution in [1.82, 2.24) is 10.2 Å². The van der Waals surface area contributed by atoms with E-state index < -0.39 is 17.5 Å². The summed E-state index contributed by atoms with van der Waals surface area (Å²) in [6.45, 7) is 0.768. The minimum absolute atomic E-state index is 0.0155. The Bertz CT molecular complexity index is 907. The molecule has 1 unspecified atom stereocenters. The molecule has 4 rings (SSSR count). The first-order valence-electron chi connectivity index (χ1n) is 9.65. The molecular formula is C22H22F2N2O2. The zero-order chi connectivity index (χ0) is 19.7. The molecule has 146 valence electrons. The van der Waals surface area contributed by atoms with Gasteiger partial charge in [0.15, 0.2) is 0 Å². The number of likely N-dealkylation sites (tertiary alicyclic amines) is 1. The number of amides is 2. The van der Waals surface area contributed by atoms with Crippen LogP contribution in [-0.4, -0.2) is 29.8 Å². The lowest BCUT2D eigenvalue weighted by Crippen LogP contribution is -2.43. The van der Waals surface area contributed by atoms with Gasteiger partial charge in [-0.25, -0.2) is 8.78 Å². The van der Waals surface area contributed by atoms with Gasteiger partial charge in [-0.3, -0.25) is 9.59 Å². The topological polar surface area (TPSA) is 49.4 Å². The van der Waals surface area contributed by atoms with Crippen molar-refractivity contribution in [3.63, 3.8) is 0 Å². The van der Waals surface area contributed by atoms with Crippen LogP contribution in [0.15, 0.2) is 42.5 Å². The van der Waals surface area contributed by atoms with E-state index in [-0.39, 0.29) is 23.4 Å². The first-order valence-corrected chi connectivity index (χ1v) is 9.65. The van der Waals surface area contributed by atoms with Gasteiger partial charge in [-0.05, 0) is 48.9 Å².